The molecule has 1 aromatic rings. The zero-order chi connectivity index (χ0) is 12.4. The smallest absolute Gasteiger partial charge is 0.240 e. The molecule has 4 heteroatoms. The summed E-state index contributed by atoms with van der Waals surface area (Å²) >= 11 is 0. The van der Waals surface area contributed by atoms with Gasteiger partial charge in [0.25, 0.3) is 0 Å². The van der Waals surface area contributed by atoms with E-state index in [0.717, 1.165) is 17.8 Å². The minimum absolute atomic E-state index is 0.642. The molecule has 0 amide bonds. The Balaban J connectivity index is 1.45. The number of rotatable bonds is 3. The molecule has 0 atom stereocenters. The van der Waals surface area contributed by atoms with E-state index in [1.54, 1.807) is 0 Å². The molecule has 0 bridgehead atoms. The van der Waals surface area contributed by atoms with Gasteiger partial charge < -0.3 is 9.84 Å². The quantitative estimate of drug-likeness (QED) is 0.894. The Morgan fingerprint density at radius 1 is 1.22 bits per heavy atom. The number of nitrogens with one attached hydrogen (secondary N) is 1. The van der Waals surface area contributed by atoms with Crippen molar-refractivity contribution in [2.75, 3.05) is 0 Å². The molecule has 100 valence electrons. The molecule has 3 rings (SSSR count). The molecule has 1 heterocycles. The van der Waals surface area contributed by atoms with Gasteiger partial charge in [-0.3, -0.25) is 0 Å². The molecule has 1 spiro atoms. The van der Waals surface area contributed by atoms with Crippen molar-refractivity contribution in [3.05, 3.63) is 11.7 Å². The summed E-state index contributed by atoms with van der Waals surface area (Å²) in [6.45, 7) is 2.58. The van der Waals surface area contributed by atoms with Crippen LogP contribution in [-0.4, -0.2) is 16.2 Å². The lowest BCUT2D eigenvalue weighted by Gasteiger charge is -2.37. The lowest BCUT2D eigenvalue weighted by molar-refractivity contribution is 0.166. The molecule has 0 radical (unpaired) electrons. The van der Waals surface area contributed by atoms with Crippen LogP contribution in [0.5, 0.6) is 0 Å². The number of aryl methyl sites for hydroxylation is 1. The fourth-order valence-electron chi connectivity index (χ4n) is 3.70. The van der Waals surface area contributed by atoms with Crippen molar-refractivity contribution in [2.24, 2.45) is 5.41 Å². The summed E-state index contributed by atoms with van der Waals surface area (Å²) in [5.74, 6) is 1.44. The topological polar surface area (TPSA) is 51.0 Å². The average molecular weight is 249 g/mol. The van der Waals surface area contributed by atoms with E-state index in [2.05, 4.69) is 15.5 Å². The first-order chi connectivity index (χ1) is 8.76. The highest BCUT2D eigenvalue weighted by Crippen LogP contribution is 2.48. The van der Waals surface area contributed by atoms with Crippen molar-refractivity contribution in [3.8, 4) is 0 Å². The molecule has 0 unspecified atom stereocenters. The number of aromatic nitrogens is 2. The predicted molar refractivity (Wildman–Crippen MR) is 69.0 cm³/mol. The van der Waals surface area contributed by atoms with Gasteiger partial charge in [0.2, 0.25) is 5.89 Å². The summed E-state index contributed by atoms with van der Waals surface area (Å²) in [4.78, 5) is 4.23. The van der Waals surface area contributed by atoms with Crippen LogP contribution in [0.2, 0.25) is 0 Å². The van der Waals surface area contributed by atoms with Crippen LogP contribution in [-0.2, 0) is 6.54 Å². The molecule has 2 saturated carbocycles. The Hall–Kier alpha value is -0.900. The van der Waals surface area contributed by atoms with Crippen LogP contribution in [0.4, 0.5) is 0 Å². The molecule has 1 N–H and O–H groups in total. The first-order valence-corrected chi connectivity index (χ1v) is 7.28. The van der Waals surface area contributed by atoms with E-state index < -0.39 is 0 Å². The number of nitrogens with zero attached hydrogens (tertiary/aromatic N) is 2. The maximum Gasteiger partial charge on any atom is 0.240 e. The summed E-state index contributed by atoms with van der Waals surface area (Å²) < 4.78 is 5.13. The first-order valence-electron chi connectivity index (χ1n) is 7.28. The second-order valence-electron chi connectivity index (χ2n) is 6.10. The summed E-state index contributed by atoms with van der Waals surface area (Å²) in [6, 6.07) is 0.642. The van der Waals surface area contributed by atoms with Gasteiger partial charge in [0.15, 0.2) is 5.82 Å². The minimum atomic E-state index is 0.642. The van der Waals surface area contributed by atoms with Gasteiger partial charge in [-0.25, -0.2) is 0 Å². The van der Waals surface area contributed by atoms with E-state index >= 15 is 0 Å². The molecule has 18 heavy (non-hydrogen) atoms. The summed E-state index contributed by atoms with van der Waals surface area (Å²) in [5.41, 5.74) is 0.721. The lowest BCUT2D eigenvalue weighted by atomic mass is 9.71. The highest BCUT2D eigenvalue weighted by Gasteiger charge is 2.37. The first kappa shape index (κ1) is 12.2. The van der Waals surface area contributed by atoms with Crippen molar-refractivity contribution < 1.29 is 4.52 Å². The molecule has 4 nitrogen and oxygen atoms in total. The lowest BCUT2D eigenvalue weighted by Crippen LogP contribution is -2.36. The van der Waals surface area contributed by atoms with Gasteiger partial charge in [-0.2, -0.15) is 4.98 Å². The Labute approximate surface area is 109 Å². The molecule has 0 saturated heterocycles. The van der Waals surface area contributed by atoms with Gasteiger partial charge in [0.1, 0.15) is 0 Å². The largest absolute Gasteiger partial charge is 0.338 e. The van der Waals surface area contributed by atoms with Crippen LogP contribution in [0.1, 0.15) is 63.1 Å². The maximum atomic E-state index is 5.13. The van der Waals surface area contributed by atoms with E-state index in [-0.39, 0.29) is 0 Å². The predicted octanol–water partition coefficient (Wildman–Crippen LogP) is 2.97. The normalized spacial score (nSPS) is 23.8. The maximum absolute atomic E-state index is 5.13. The Morgan fingerprint density at radius 2 is 1.94 bits per heavy atom. The van der Waals surface area contributed by atoms with Gasteiger partial charge in [-0.15, -0.1) is 0 Å². The second kappa shape index (κ2) is 5.00. The van der Waals surface area contributed by atoms with Crippen LogP contribution < -0.4 is 5.32 Å². The van der Waals surface area contributed by atoms with Gasteiger partial charge in [-0.1, -0.05) is 18.0 Å². The number of hydrogen-bond acceptors (Lipinski definition) is 4. The molecule has 0 aliphatic heterocycles. The second-order valence-corrected chi connectivity index (χ2v) is 6.10. The van der Waals surface area contributed by atoms with Gasteiger partial charge in [0, 0.05) is 6.04 Å². The Morgan fingerprint density at radius 3 is 2.56 bits per heavy atom. The zero-order valence-electron chi connectivity index (χ0n) is 11.2. The van der Waals surface area contributed by atoms with Gasteiger partial charge >= 0.3 is 0 Å². The van der Waals surface area contributed by atoms with Crippen LogP contribution in [0.25, 0.3) is 0 Å². The molecule has 2 aliphatic rings. The van der Waals surface area contributed by atoms with E-state index in [4.69, 9.17) is 4.52 Å². The van der Waals surface area contributed by atoms with Gasteiger partial charge in [0.05, 0.1) is 6.54 Å². The Kier molecular flexibility index (Phi) is 3.37. The minimum Gasteiger partial charge on any atom is -0.338 e. The summed E-state index contributed by atoms with van der Waals surface area (Å²) in [6.07, 6.45) is 11.3. The van der Waals surface area contributed by atoms with E-state index in [1.807, 2.05) is 6.92 Å². The average Bonchev–Trinajstić information content (AvgIpc) is 2.99. The highest BCUT2D eigenvalue weighted by molar-refractivity contribution is 4.92. The van der Waals surface area contributed by atoms with Crippen molar-refractivity contribution in [3.63, 3.8) is 0 Å². The van der Waals surface area contributed by atoms with Crippen LogP contribution in [0, 0.1) is 12.3 Å². The fourth-order valence-corrected chi connectivity index (χ4v) is 3.70. The summed E-state index contributed by atoms with van der Waals surface area (Å²) in [7, 11) is 0. The molecule has 0 aromatic carbocycles. The molecular formula is C14H23N3O. The standard InChI is InChI=1S/C14H23N3O/c1-11-16-13(18-17-11)10-15-12-4-8-14(9-5-12)6-2-3-7-14/h12,15H,2-10H2,1H3. The fraction of sp³-hybridized carbons (Fsp3) is 0.857. The van der Waals surface area contributed by atoms with Crippen LogP contribution in [0.3, 0.4) is 0 Å². The molecule has 2 fully saturated rings. The zero-order valence-corrected chi connectivity index (χ0v) is 11.2. The van der Waals surface area contributed by atoms with E-state index in [9.17, 15) is 0 Å². The third kappa shape index (κ3) is 2.58. The SMILES string of the molecule is Cc1noc(CNC2CCC3(CCCC3)CC2)n1. The third-order valence-corrected chi connectivity index (χ3v) is 4.82. The summed E-state index contributed by atoms with van der Waals surface area (Å²) in [5, 5.41) is 7.37. The molecule has 2 aliphatic carbocycles. The van der Waals surface area contributed by atoms with Crippen molar-refractivity contribution in [2.45, 2.75) is 70.9 Å². The van der Waals surface area contributed by atoms with Crippen molar-refractivity contribution >= 4 is 0 Å². The molecule has 1 aromatic heterocycles. The van der Waals surface area contributed by atoms with Crippen LogP contribution in [0.15, 0.2) is 4.52 Å². The van der Waals surface area contributed by atoms with E-state index in [1.165, 1.54) is 51.4 Å². The van der Waals surface area contributed by atoms with Gasteiger partial charge in [-0.05, 0) is 50.9 Å². The van der Waals surface area contributed by atoms with Crippen molar-refractivity contribution in [1.82, 2.24) is 15.5 Å². The highest BCUT2D eigenvalue weighted by atomic mass is 16.5. The number of hydrogen-bond donors (Lipinski definition) is 1. The molecular weight excluding hydrogens is 226 g/mol. The van der Waals surface area contributed by atoms with Crippen molar-refractivity contribution in [1.29, 1.82) is 0 Å². The van der Waals surface area contributed by atoms with Crippen LogP contribution >= 0.6 is 0 Å². The Bertz CT molecular complexity index is 385. The van der Waals surface area contributed by atoms with E-state index in [0.29, 0.717) is 11.9 Å². The third-order valence-electron chi connectivity index (χ3n) is 4.82. The monoisotopic (exact) mass is 249 g/mol.